The smallest absolute Gasteiger partial charge is 0.410 e. The minimum absolute atomic E-state index is 0.0191. The molecule has 0 spiro atoms. The Balaban J connectivity index is 1.70. The lowest BCUT2D eigenvalue weighted by molar-refractivity contribution is 0.000822. The molecule has 3 fully saturated rings. The fraction of sp³-hybridized carbons (Fsp3) is 0.526. The molecule has 2 aromatic rings. The first-order chi connectivity index (χ1) is 13.5. The maximum Gasteiger partial charge on any atom is 0.410 e. The molecule has 156 valence electrons. The number of halogens is 4. The fourth-order valence-electron chi connectivity index (χ4n) is 3.98. The molecule has 6 nitrogen and oxygen atoms in total. The Morgan fingerprint density at radius 2 is 1.93 bits per heavy atom. The quantitative estimate of drug-likeness (QED) is 0.382. The number of carbonyl (C=O) groups excluding carboxylic acids is 1. The van der Waals surface area contributed by atoms with Gasteiger partial charge in [-0.1, -0.05) is 11.6 Å². The number of ether oxygens (including phenoxy) is 1. The minimum Gasteiger partial charge on any atom is -0.444 e. The van der Waals surface area contributed by atoms with Crippen LogP contribution in [0.1, 0.15) is 33.6 Å². The van der Waals surface area contributed by atoms with Crippen LogP contribution >= 0.6 is 39.1 Å². The van der Waals surface area contributed by atoms with Crippen LogP contribution in [0.2, 0.25) is 10.3 Å². The molecule has 3 aliphatic rings. The zero-order valence-electron chi connectivity index (χ0n) is 16.2. The van der Waals surface area contributed by atoms with Crippen LogP contribution in [0.15, 0.2) is 10.5 Å². The van der Waals surface area contributed by atoms with E-state index in [2.05, 4.69) is 30.8 Å². The van der Waals surface area contributed by atoms with Gasteiger partial charge >= 0.3 is 6.09 Å². The van der Waals surface area contributed by atoms with Gasteiger partial charge in [0.2, 0.25) is 5.28 Å². The Labute approximate surface area is 186 Å². The molecule has 5 rings (SSSR count). The van der Waals surface area contributed by atoms with E-state index in [1.54, 1.807) is 11.0 Å². The Bertz CT molecular complexity index is 1000. The minimum atomic E-state index is -0.574. The lowest BCUT2D eigenvalue weighted by atomic mass is 9.91. The van der Waals surface area contributed by atoms with Crippen LogP contribution in [0, 0.1) is 5.82 Å². The zero-order valence-corrected chi connectivity index (χ0v) is 19.3. The van der Waals surface area contributed by atoms with Crippen molar-refractivity contribution < 1.29 is 13.9 Å². The largest absolute Gasteiger partial charge is 0.444 e. The molecule has 29 heavy (non-hydrogen) atoms. The number of benzene rings is 1. The molecule has 2 unspecified atom stereocenters. The van der Waals surface area contributed by atoms with Crippen molar-refractivity contribution in [3.63, 3.8) is 0 Å². The molecular formula is C19H20BrCl2FN4O2. The first-order valence-corrected chi connectivity index (χ1v) is 10.9. The van der Waals surface area contributed by atoms with Gasteiger partial charge in [-0.15, -0.1) is 0 Å². The summed E-state index contributed by atoms with van der Waals surface area (Å²) in [5.74, 6) is -0.0394. The van der Waals surface area contributed by atoms with Crippen molar-refractivity contribution in [2.24, 2.45) is 0 Å². The topological polar surface area (TPSA) is 58.6 Å². The molecule has 1 amide bonds. The van der Waals surface area contributed by atoms with E-state index in [1.165, 1.54) is 0 Å². The van der Waals surface area contributed by atoms with Gasteiger partial charge in [0, 0.05) is 24.5 Å². The summed E-state index contributed by atoms with van der Waals surface area (Å²) in [6, 6.07) is 1.64. The number of piperazine rings is 1. The van der Waals surface area contributed by atoms with Crippen molar-refractivity contribution in [2.75, 3.05) is 18.0 Å². The number of fused-ring (bicyclic) bond motifs is 4. The van der Waals surface area contributed by atoms with Gasteiger partial charge in [0.1, 0.15) is 16.9 Å². The highest BCUT2D eigenvalue weighted by molar-refractivity contribution is 9.10. The third kappa shape index (κ3) is 3.86. The highest BCUT2D eigenvalue weighted by Gasteiger charge is 2.43. The van der Waals surface area contributed by atoms with E-state index in [0.717, 1.165) is 12.8 Å². The number of piperidine rings is 2. The van der Waals surface area contributed by atoms with Crippen molar-refractivity contribution >= 4 is 61.9 Å². The van der Waals surface area contributed by atoms with Gasteiger partial charge in [-0.3, -0.25) is 0 Å². The summed E-state index contributed by atoms with van der Waals surface area (Å²) in [7, 11) is 0. The summed E-state index contributed by atoms with van der Waals surface area (Å²) in [4.78, 5) is 24.9. The van der Waals surface area contributed by atoms with Gasteiger partial charge in [0.05, 0.1) is 15.5 Å². The van der Waals surface area contributed by atoms with Gasteiger partial charge < -0.3 is 14.5 Å². The predicted molar refractivity (Wildman–Crippen MR) is 114 cm³/mol. The number of aromatic nitrogens is 2. The number of rotatable bonds is 1. The summed E-state index contributed by atoms with van der Waals surface area (Å²) in [6.45, 7) is 6.62. The third-order valence-corrected chi connectivity index (χ3v) is 6.68. The van der Waals surface area contributed by atoms with Crippen LogP contribution in [-0.2, 0) is 4.74 Å². The number of carbonyl (C=O) groups is 1. The monoisotopic (exact) mass is 504 g/mol. The van der Waals surface area contributed by atoms with Crippen LogP contribution in [0.5, 0.6) is 0 Å². The Morgan fingerprint density at radius 1 is 1.24 bits per heavy atom. The molecule has 0 saturated carbocycles. The molecule has 1 aromatic heterocycles. The SMILES string of the molecule is CC(C)(C)OC(=O)N1CC2CCC1CN2c1nc(Cl)nc2c(F)c(Br)c(Cl)cc12. The number of amides is 1. The second-order valence-electron chi connectivity index (χ2n) is 8.37. The molecule has 0 radical (unpaired) electrons. The summed E-state index contributed by atoms with van der Waals surface area (Å²) < 4.78 is 20.4. The van der Waals surface area contributed by atoms with E-state index in [0.29, 0.717) is 24.3 Å². The number of hydrogen-bond acceptors (Lipinski definition) is 5. The third-order valence-electron chi connectivity index (χ3n) is 5.21. The molecule has 2 atom stereocenters. The van der Waals surface area contributed by atoms with Crippen LogP contribution in [-0.4, -0.2) is 51.7 Å². The number of nitrogens with zero attached hydrogens (tertiary/aromatic N) is 4. The van der Waals surface area contributed by atoms with Crippen molar-refractivity contribution in [1.82, 2.24) is 14.9 Å². The zero-order chi connectivity index (χ0) is 21.1. The van der Waals surface area contributed by atoms with Gasteiger partial charge in [-0.2, -0.15) is 4.98 Å². The summed E-state index contributed by atoms with van der Waals surface area (Å²) in [5.41, 5.74) is -0.437. The number of anilines is 1. The molecular weight excluding hydrogens is 486 g/mol. The average molecular weight is 506 g/mol. The fourth-order valence-corrected chi connectivity index (χ4v) is 4.64. The second kappa shape index (κ2) is 7.39. The molecule has 2 bridgehead atoms. The number of hydrogen-bond donors (Lipinski definition) is 0. The van der Waals surface area contributed by atoms with Crippen molar-refractivity contribution in [3.05, 3.63) is 26.7 Å². The lowest BCUT2D eigenvalue weighted by Crippen LogP contribution is -2.64. The molecule has 3 saturated heterocycles. The first-order valence-electron chi connectivity index (χ1n) is 9.32. The normalized spacial score (nSPS) is 21.8. The molecule has 0 aliphatic carbocycles. The van der Waals surface area contributed by atoms with Gasteiger partial charge in [0.15, 0.2) is 5.82 Å². The van der Waals surface area contributed by atoms with Gasteiger partial charge in [-0.05, 0) is 67.2 Å². The molecule has 1 aromatic carbocycles. The van der Waals surface area contributed by atoms with E-state index >= 15 is 0 Å². The average Bonchev–Trinajstić information content (AvgIpc) is 2.65. The maximum atomic E-state index is 14.7. The van der Waals surface area contributed by atoms with Crippen LogP contribution < -0.4 is 4.90 Å². The lowest BCUT2D eigenvalue weighted by Gasteiger charge is -2.51. The van der Waals surface area contributed by atoms with Gasteiger partial charge in [0.25, 0.3) is 0 Å². The van der Waals surface area contributed by atoms with E-state index in [-0.39, 0.29) is 38.5 Å². The molecule has 3 aliphatic heterocycles. The van der Waals surface area contributed by atoms with E-state index in [9.17, 15) is 9.18 Å². The van der Waals surface area contributed by atoms with Crippen molar-refractivity contribution in [2.45, 2.75) is 51.3 Å². The Kier molecular flexibility index (Phi) is 5.32. The summed E-state index contributed by atoms with van der Waals surface area (Å²) in [5, 5.41) is 0.697. The Hall–Kier alpha value is -1.38. The molecule has 10 heteroatoms. The standard InChI is InChI=1S/C19H20BrCl2FN4O2/c1-19(2,3)29-18(28)27-8-9-4-5-10(27)7-26(9)16-11-6-12(21)13(20)14(23)15(11)24-17(22)25-16/h6,9-10H,4-5,7-8H2,1-3H3. The summed E-state index contributed by atoms with van der Waals surface area (Å²) >= 11 is 15.4. The van der Waals surface area contributed by atoms with Crippen molar-refractivity contribution in [1.29, 1.82) is 0 Å². The van der Waals surface area contributed by atoms with Gasteiger partial charge in [-0.25, -0.2) is 14.2 Å². The van der Waals surface area contributed by atoms with E-state index < -0.39 is 11.4 Å². The van der Waals surface area contributed by atoms with Crippen LogP contribution in [0.25, 0.3) is 10.9 Å². The van der Waals surface area contributed by atoms with E-state index in [1.807, 2.05) is 20.8 Å². The second-order valence-corrected chi connectivity index (χ2v) is 9.91. The Morgan fingerprint density at radius 3 is 2.55 bits per heavy atom. The highest BCUT2D eigenvalue weighted by atomic mass is 79.9. The molecule has 4 heterocycles. The van der Waals surface area contributed by atoms with Crippen LogP contribution in [0.3, 0.4) is 0 Å². The summed E-state index contributed by atoms with van der Waals surface area (Å²) in [6.07, 6.45) is 1.45. The maximum absolute atomic E-state index is 14.7. The first kappa shape index (κ1) is 20.9. The molecule has 0 N–H and O–H groups in total. The highest BCUT2D eigenvalue weighted by Crippen LogP contribution is 2.39. The predicted octanol–water partition coefficient (Wildman–Crippen LogP) is 5.43. The van der Waals surface area contributed by atoms with Crippen molar-refractivity contribution in [3.8, 4) is 0 Å². The van der Waals surface area contributed by atoms with E-state index in [4.69, 9.17) is 27.9 Å². The van der Waals surface area contributed by atoms with Crippen LogP contribution in [0.4, 0.5) is 15.0 Å².